The number of carbonyl (C=O) groups excluding carboxylic acids is 4. The zero-order valence-corrected chi connectivity index (χ0v) is 30.5. The molecule has 15 heteroatoms. The summed E-state index contributed by atoms with van der Waals surface area (Å²) in [4.78, 5) is 83.2. The number of rotatable bonds is 9. The molecule has 1 saturated carbocycles. The number of fused-ring (bicyclic) bond motifs is 1. The van der Waals surface area contributed by atoms with Crippen LogP contribution in [-0.4, -0.2) is 99.3 Å². The predicted molar refractivity (Wildman–Crippen MR) is 203 cm³/mol. The Hall–Kier alpha value is -5.70. The van der Waals surface area contributed by atoms with Crippen molar-refractivity contribution in [2.45, 2.75) is 70.5 Å². The summed E-state index contributed by atoms with van der Waals surface area (Å²) in [7, 11) is 0. The molecule has 3 aromatic heterocycles. The first kappa shape index (κ1) is 35.3. The highest BCUT2D eigenvalue weighted by molar-refractivity contribution is 6.04. The van der Waals surface area contributed by atoms with Crippen LogP contribution < -0.4 is 31.3 Å². The number of imide groups is 1. The quantitative estimate of drug-likeness (QED) is 0.170. The van der Waals surface area contributed by atoms with Crippen molar-refractivity contribution in [1.29, 1.82) is 0 Å². The molecular weight excluding hydrogens is 688 g/mol. The van der Waals surface area contributed by atoms with E-state index in [1.54, 1.807) is 29.8 Å². The van der Waals surface area contributed by atoms with Gasteiger partial charge in [-0.05, 0) is 75.1 Å². The largest absolute Gasteiger partial charge is 0.368 e. The smallest absolute Gasteiger partial charge is 0.263 e. The number of hydrogen-bond acceptors (Lipinski definition) is 12. The van der Waals surface area contributed by atoms with E-state index in [1.165, 1.54) is 6.92 Å². The van der Waals surface area contributed by atoms with Gasteiger partial charge < -0.3 is 20.4 Å². The molecule has 8 rings (SSSR count). The van der Waals surface area contributed by atoms with Crippen LogP contribution in [0.15, 0.2) is 53.6 Å². The molecule has 1 unspecified atom stereocenters. The molecule has 0 spiro atoms. The van der Waals surface area contributed by atoms with Gasteiger partial charge in [0.05, 0.1) is 17.4 Å². The number of benzene rings is 1. The van der Waals surface area contributed by atoms with Gasteiger partial charge >= 0.3 is 0 Å². The molecule has 4 aliphatic rings. The highest BCUT2D eigenvalue weighted by Crippen LogP contribution is 2.32. The number of nitrogens with one attached hydrogen (secondary N) is 3. The minimum atomic E-state index is -0.699. The van der Waals surface area contributed by atoms with E-state index in [4.69, 9.17) is 4.98 Å². The third-order valence-electron chi connectivity index (χ3n) is 11.3. The highest BCUT2D eigenvalue weighted by Gasteiger charge is 2.34. The zero-order valence-electron chi connectivity index (χ0n) is 30.5. The lowest BCUT2D eigenvalue weighted by molar-refractivity contribution is -0.134. The molecular formula is C39H44N10O5. The van der Waals surface area contributed by atoms with E-state index < -0.39 is 11.9 Å². The molecule has 3 aliphatic heterocycles. The Kier molecular flexibility index (Phi) is 9.56. The zero-order chi connectivity index (χ0) is 37.5. The third-order valence-corrected chi connectivity index (χ3v) is 11.3. The standard InChI is InChI=1S/C39H44N10O5/c1-23-30-20-41-39(45-35(30)49(27-5-3-4-6-27)38(54)34(23)24(2)50)43-32-13-11-28(19-40-32)46-15-17-47(18-16-46)29-21-48(22-29)26-9-7-25(8-10-26)36(52)42-31-12-14-33(51)44-37(31)53/h7-11,13,19-20,27,29,31H,3-6,12,14-18,21-22H2,1-2H3,(H,42,52)(H,44,51,53)(H,40,41,43,45). The van der Waals surface area contributed by atoms with Gasteiger partial charge in [0.15, 0.2) is 5.78 Å². The van der Waals surface area contributed by atoms with Gasteiger partial charge in [-0.3, -0.25) is 38.8 Å². The summed E-state index contributed by atoms with van der Waals surface area (Å²) in [5.74, 6) is -0.404. The van der Waals surface area contributed by atoms with E-state index in [1.807, 2.05) is 30.5 Å². The van der Waals surface area contributed by atoms with Crippen LogP contribution in [0, 0.1) is 6.92 Å². The van der Waals surface area contributed by atoms with E-state index >= 15 is 0 Å². The van der Waals surface area contributed by atoms with Crippen LogP contribution >= 0.6 is 0 Å². The Balaban J connectivity index is 0.840. The number of Topliss-reactive ketones (excluding diaryl/α,β-unsaturated/α-hetero) is 1. The summed E-state index contributed by atoms with van der Waals surface area (Å²) in [6.45, 7) is 8.70. The summed E-state index contributed by atoms with van der Waals surface area (Å²) in [6.07, 6.45) is 7.92. The lowest BCUT2D eigenvalue weighted by Gasteiger charge is -2.49. The molecule has 6 heterocycles. The van der Waals surface area contributed by atoms with Gasteiger partial charge in [0.25, 0.3) is 11.5 Å². The first-order valence-corrected chi connectivity index (χ1v) is 18.8. The van der Waals surface area contributed by atoms with Gasteiger partial charge in [0.2, 0.25) is 17.8 Å². The fraction of sp³-hybridized carbons (Fsp3) is 0.436. The Labute approximate surface area is 312 Å². The Morgan fingerprint density at radius 3 is 2.22 bits per heavy atom. The number of aryl methyl sites for hydroxylation is 1. The van der Waals surface area contributed by atoms with E-state index in [2.05, 4.69) is 40.6 Å². The first-order chi connectivity index (χ1) is 26.1. The van der Waals surface area contributed by atoms with Crippen LogP contribution in [-0.2, 0) is 9.59 Å². The van der Waals surface area contributed by atoms with Crippen LogP contribution in [0.4, 0.5) is 23.1 Å². The van der Waals surface area contributed by atoms with Crippen molar-refractivity contribution in [3.63, 3.8) is 0 Å². The fourth-order valence-electron chi connectivity index (χ4n) is 8.21. The molecule has 4 fully saturated rings. The van der Waals surface area contributed by atoms with Crippen molar-refractivity contribution in [1.82, 2.24) is 35.1 Å². The van der Waals surface area contributed by atoms with Gasteiger partial charge in [0.1, 0.15) is 17.5 Å². The molecule has 3 N–H and O–H groups in total. The molecule has 1 aliphatic carbocycles. The van der Waals surface area contributed by atoms with Crippen LogP contribution in [0.2, 0.25) is 0 Å². The van der Waals surface area contributed by atoms with Crippen LogP contribution in [0.5, 0.6) is 0 Å². The molecule has 0 bridgehead atoms. The molecule has 3 saturated heterocycles. The topological polar surface area (TPSA) is 175 Å². The maximum absolute atomic E-state index is 13.5. The van der Waals surface area contributed by atoms with Gasteiger partial charge in [-0.15, -0.1) is 0 Å². The summed E-state index contributed by atoms with van der Waals surface area (Å²) in [5.41, 5.74) is 3.67. The molecule has 0 radical (unpaired) electrons. The number of carbonyl (C=O) groups is 4. The summed E-state index contributed by atoms with van der Waals surface area (Å²) < 4.78 is 1.71. The van der Waals surface area contributed by atoms with Crippen LogP contribution in [0.25, 0.3) is 11.0 Å². The molecule has 280 valence electrons. The predicted octanol–water partition coefficient (Wildman–Crippen LogP) is 3.10. The average Bonchev–Trinajstić information content (AvgIpc) is 3.68. The lowest BCUT2D eigenvalue weighted by atomic mass is 10.0. The van der Waals surface area contributed by atoms with Crippen molar-refractivity contribution < 1.29 is 19.2 Å². The van der Waals surface area contributed by atoms with Gasteiger partial charge in [0, 0.05) is 80.6 Å². The SMILES string of the molecule is CC(=O)c1c(C)c2cnc(Nc3ccc(N4CCN(C5CN(c6ccc(C(=O)NC7CCC(=O)NC7=O)cc6)C5)CC4)cn3)nc2n(C2CCCC2)c1=O. The van der Waals surface area contributed by atoms with E-state index in [0.717, 1.165) is 76.3 Å². The highest BCUT2D eigenvalue weighted by atomic mass is 16.2. The first-order valence-electron chi connectivity index (χ1n) is 18.8. The van der Waals surface area contributed by atoms with Crippen LogP contribution in [0.1, 0.15) is 77.8 Å². The molecule has 1 atom stereocenters. The van der Waals surface area contributed by atoms with Crippen molar-refractivity contribution in [2.75, 3.05) is 54.4 Å². The maximum atomic E-state index is 13.5. The second kappa shape index (κ2) is 14.6. The monoisotopic (exact) mass is 732 g/mol. The van der Waals surface area contributed by atoms with Crippen molar-refractivity contribution in [3.05, 3.63) is 75.8 Å². The molecule has 4 aromatic rings. The normalized spacial score (nSPS) is 19.9. The van der Waals surface area contributed by atoms with Gasteiger partial charge in [-0.25, -0.2) is 9.97 Å². The number of nitrogens with zero attached hydrogens (tertiary/aromatic N) is 7. The van der Waals surface area contributed by atoms with Crippen molar-refractivity contribution in [2.24, 2.45) is 0 Å². The second-order valence-electron chi connectivity index (χ2n) is 14.7. The van der Waals surface area contributed by atoms with E-state index in [-0.39, 0.29) is 41.2 Å². The number of aromatic nitrogens is 4. The van der Waals surface area contributed by atoms with Gasteiger partial charge in [-0.1, -0.05) is 12.8 Å². The number of pyridine rings is 2. The minimum Gasteiger partial charge on any atom is -0.368 e. The van der Waals surface area contributed by atoms with E-state index in [0.29, 0.717) is 46.4 Å². The number of piperidine rings is 1. The Bertz CT molecular complexity index is 2170. The number of ketones is 1. The van der Waals surface area contributed by atoms with Crippen molar-refractivity contribution in [3.8, 4) is 0 Å². The molecule has 1 aromatic carbocycles. The Morgan fingerprint density at radius 2 is 1.56 bits per heavy atom. The molecule has 3 amide bonds. The maximum Gasteiger partial charge on any atom is 0.263 e. The van der Waals surface area contributed by atoms with E-state index in [9.17, 15) is 24.0 Å². The number of anilines is 4. The fourth-order valence-corrected chi connectivity index (χ4v) is 8.21. The molecule has 15 nitrogen and oxygen atoms in total. The molecule has 54 heavy (non-hydrogen) atoms. The van der Waals surface area contributed by atoms with Crippen LogP contribution in [0.3, 0.4) is 0 Å². The second-order valence-corrected chi connectivity index (χ2v) is 14.7. The van der Waals surface area contributed by atoms with Crippen molar-refractivity contribution >= 4 is 57.7 Å². The summed E-state index contributed by atoms with van der Waals surface area (Å²) >= 11 is 0. The number of amides is 3. The number of piperazine rings is 1. The third kappa shape index (κ3) is 6.91. The average molecular weight is 733 g/mol. The van der Waals surface area contributed by atoms with Gasteiger partial charge in [-0.2, -0.15) is 4.98 Å². The Morgan fingerprint density at radius 1 is 0.833 bits per heavy atom. The lowest BCUT2D eigenvalue weighted by Crippen LogP contribution is -2.63. The minimum absolute atomic E-state index is 0.0113. The summed E-state index contributed by atoms with van der Waals surface area (Å²) in [5, 5.41) is 8.91. The summed E-state index contributed by atoms with van der Waals surface area (Å²) in [6, 6.07) is 11.1. The number of hydrogen-bond donors (Lipinski definition) is 3.